The molecule has 0 atom stereocenters. The monoisotopic (exact) mass is 431 g/mol. The van der Waals surface area contributed by atoms with E-state index in [1.54, 1.807) is 42.7 Å². The van der Waals surface area contributed by atoms with Gasteiger partial charge in [0.25, 0.3) is 11.5 Å². The van der Waals surface area contributed by atoms with Gasteiger partial charge in [0.2, 0.25) is 11.9 Å². The van der Waals surface area contributed by atoms with Crippen molar-refractivity contribution in [3.63, 3.8) is 0 Å². The number of rotatable bonds is 7. The van der Waals surface area contributed by atoms with E-state index in [0.717, 1.165) is 11.1 Å². The number of nitrogens with zero attached hydrogens (tertiary/aromatic N) is 2. The standard InChI is InChI=1S/C22H21N7O3/c23-22-28-19-17(21(32)29-22)8-16(27-19)9-18(30)25-11-13-3-5-15(6-4-13)20(31)26-12-14-2-1-7-24-10-14/h1-8,10H,9,11-12H2,(H,25,30)(H,26,31)(H4,23,27,28,29,32). The first-order valence-corrected chi connectivity index (χ1v) is 9.88. The Morgan fingerprint density at radius 1 is 1.00 bits per heavy atom. The van der Waals surface area contributed by atoms with Crippen LogP contribution in [-0.4, -0.2) is 31.8 Å². The summed E-state index contributed by atoms with van der Waals surface area (Å²) in [5.74, 6) is -0.402. The minimum absolute atomic E-state index is 0.00885. The topological polar surface area (TPSA) is 159 Å². The maximum Gasteiger partial charge on any atom is 0.261 e. The molecule has 0 aliphatic carbocycles. The second-order valence-corrected chi connectivity index (χ2v) is 7.20. The van der Waals surface area contributed by atoms with E-state index in [2.05, 4.69) is 30.6 Å². The second kappa shape index (κ2) is 9.13. The van der Waals surface area contributed by atoms with Crippen LogP contribution < -0.4 is 21.9 Å². The highest BCUT2D eigenvalue weighted by molar-refractivity contribution is 5.94. The van der Waals surface area contributed by atoms with Gasteiger partial charge < -0.3 is 21.4 Å². The molecule has 0 radical (unpaired) electrons. The number of benzene rings is 1. The maximum atomic E-state index is 12.3. The molecular weight excluding hydrogens is 410 g/mol. The Hall–Kier alpha value is -4.47. The summed E-state index contributed by atoms with van der Waals surface area (Å²) in [6, 6.07) is 12.3. The number of hydrogen-bond acceptors (Lipinski definition) is 6. The summed E-state index contributed by atoms with van der Waals surface area (Å²) in [6.07, 6.45) is 3.44. The van der Waals surface area contributed by atoms with E-state index in [-0.39, 0.29) is 29.7 Å². The quantitative estimate of drug-likeness (QED) is 0.294. The Kier molecular flexibility index (Phi) is 5.93. The van der Waals surface area contributed by atoms with Gasteiger partial charge in [-0.2, -0.15) is 4.98 Å². The second-order valence-electron chi connectivity index (χ2n) is 7.20. The van der Waals surface area contributed by atoms with Crippen LogP contribution in [0.15, 0.2) is 59.7 Å². The van der Waals surface area contributed by atoms with E-state index in [0.29, 0.717) is 35.4 Å². The van der Waals surface area contributed by atoms with Crippen molar-refractivity contribution in [2.75, 3.05) is 5.73 Å². The first-order chi connectivity index (χ1) is 15.5. The Bertz CT molecular complexity index is 1310. The summed E-state index contributed by atoms with van der Waals surface area (Å²) >= 11 is 0. The number of nitrogen functional groups attached to an aromatic ring is 1. The van der Waals surface area contributed by atoms with E-state index in [9.17, 15) is 14.4 Å². The molecular formula is C22H21N7O3. The summed E-state index contributed by atoms with van der Waals surface area (Å²) in [7, 11) is 0. The number of H-pyrrole nitrogens is 2. The van der Waals surface area contributed by atoms with Gasteiger partial charge in [0.1, 0.15) is 5.65 Å². The van der Waals surface area contributed by atoms with E-state index in [4.69, 9.17) is 5.73 Å². The summed E-state index contributed by atoms with van der Waals surface area (Å²) in [6.45, 7) is 0.703. The van der Waals surface area contributed by atoms with Crippen LogP contribution >= 0.6 is 0 Å². The van der Waals surface area contributed by atoms with E-state index in [1.165, 1.54) is 0 Å². The lowest BCUT2D eigenvalue weighted by atomic mass is 10.1. The average molecular weight is 431 g/mol. The van der Waals surface area contributed by atoms with Crippen LogP contribution in [0.25, 0.3) is 11.0 Å². The van der Waals surface area contributed by atoms with Crippen molar-refractivity contribution in [3.8, 4) is 0 Å². The molecule has 0 saturated carbocycles. The molecule has 1 aromatic carbocycles. The van der Waals surface area contributed by atoms with E-state index < -0.39 is 0 Å². The predicted molar refractivity (Wildman–Crippen MR) is 119 cm³/mol. The number of carbonyl (C=O) groups is 2. The van der Waals surface area contributed by atoms with E-state index in [1.807, 2.05) is 12.1 Å². The molecule has 10 nitrogen and oxygen atoms in total. The number of nitrogens with two attached hydrogens (primary N) is 1. The molecule has 10 heteroatoms. The molecule has 4 rings (SSSR count). The van der Waals surface area contributed by atoms with Gasteiger partial charge in [0.05, 0.1) is 11.8 Å². The average Bonchev–Trinajstić information content (AvgIpc) is 3.19. The van der Waals surface area contributed by atoms with Gasteiger partial charge >= 0.3 is 0 Å². The summed E-state index contributed by atoms with van der Waals surface area (Å²) in [5.41, 5.74) is 8.36. The fourth-order valence-electron chi connectivity index (χ4n) is 3.18. The van der Waals surface area contributed by atoms with Crippen molar-refractivity contribution in [2.24, 2.45) is 0 Å². The molecule has 0 aliphatic heterocycles. The highest BCUT2D eigenvalue weighted by atomic mass is 16.2. The highest BCUT2D eigenvalue weighted by Crippen LogP contribution is 2.10. The first-order valence-electron chi connectivity index (χ1n) is 9.88. The zero-order valence-electron chi connectivity index (χ0n) is 17.0. The van der Waals surface area contributed by atoms with Crippen molar-refractivity contribution in [3.05, 3.63) is 87.6 Å². The number of nitrogens with one attached hydrogen (secondary N) is 4. The lowest BCUT2D eigenvalue weighted by molar-refractivity contribution is -0.120. The molecule has 3 heterocycles. The van der Waals surface area contributed by atoms with Crippen LogP contribution in [0.3, 0.4) is 0 Å². The molecule has 2 amide bonds. The van der Waals surface area contributed by atoms with Crippen LogP contribution in [-0.2, 0) is 24.3 Å². The number of aromatic amines is 2. The van der Waals surface area contributed by atoms with Gasteiger partial charge in [-0.25, -0.2) is 0 Å². The van der Waals surface area contributed by atoms with Gasteiger partial charge in [-0.3, -0.25) is 24.4 Å². The Balaban J connectivity index is 1.29. The summed E-state index contributed by atoms with van der Waals surface area (Å²) in [5, 5.41) is 6.00. The molecule has 0 bridgehead atoms. The maximum absolute atomic E-state index is 12.3. The van der Waals surface area contributed by atoms with Crippen molar-refractivity contribution >= 4 is 28.8 Å². The molecule has 0 unspecified atom stereocenters. The summed E-state index contributed by atoms with van der Waals surface area (Å²) in [4.78, 5) is 49.8. The molecule has 32 heavy (non-hydrogen) atoms. The number of carbonyl (C=O) groups excluding carboxylic acids is 2. The fourth-order valence-corrected chi connectivity index (χ4v) is 3.18. The van der Waals surface area contributed by atoms with Gasteiger partial charge in [0, 0.05) is 36.7 Å². The summed E-state index contributed by atoms with van der Waals surface area (Å²) < 4.78 is 0. The zero-order valence-corrected chi connectivity index (χ0v) is 17.0. The molecule has 6 N–H and O–H groups in total. The third kappa shape index (κ3) is 4.98. The Morgan fingerprint density at radius 2 is 1.78 bits per heavy atom. The first kappa shape index (κ1) is 20.8. The van der Waals surface area contributed by atoms with Crippen molar-refractivity contribution in [2.45, 2.75) is 19.5 Å². The number of fused-ring (bicyclic) bond motifs is 1. The van der Waals surface area contributed by atoms with Crippen LogP contribution in [0.5, 0.6) is 0 Å². The Labute approximate surface area is 182 Å². The van der Waals surface area contributed by atoms with Gasteiger partial charge in [-0.05, 0) is 35.4 Å². The highest BCUT2D eigenvalue weighted by Gasteiger charge is 2.11. The molecule has 0 spiro atoms. The third-order valence-corrected chi connectivity index (χ3v) is 4.80. The molecule has 3 aromatic heterocycles. The molecule has 0 aliphatic rings. The van der Waals surface area contributed by atoms with E-state index >= 15 is 0 Å². The van der Waals surface area contributed by atoms with Crippen LogP contribution in [0.4, 0.5) is 5.95 Å². The normalized spacial score (nSPS) is 10.8. The SMILES string of the molecule is Nc1nc2[nH]c(CC(=O)NCc3ccc(C(=O)NCc4cccnc4)cc3)cc2c(=O)[nH]1. The molecule has 0 fully saturated rings. The van der Waals surface area contributed by atoms with Crippen LogP contribution in [0.1, 0.15) is 27.2 Å². The van der Waals surface area contributed by atoms with Crippen molar-refractivity contribution in [1.82, 2.24) is 30.6 Å². The number of amides is 2. The third-order valence-electron chi connectivity index (χ3n) is 4.80. The smallest absolute Gasteiger partial charge is 0.261 e. The lowest BCUT2D eigenvalue weighted by Gasteiger charge is -2.07. The largest absolute Gasteiger partial charge is 0.369 e. The van der Waals surface area contributed by atoms with Crippen molar-refractivity contribution in [1.29, 1.82) is 0 Å². The van der Waals surface area contributed by atoms with Crippen LogP contribution in [0.2, 0.25) is 0 Å². The zero-order chi connectivity index (χ0) is 22.5. The molecule has 4 aromatic rings. The molecule has 162 valence electrons. The van der Waals surface area contributed by atoms with Gasteiger partial charge in [-0.1, -0.05) is 18.2 Å². The number of anilines is 1. The predicted octanol–water partition coefficient (Wildman–Crippen LogP) is 1.02. The number of hydrogen-bond donors (Lipinski definition) is 5. The Morgan fingerprint density at radius 3 is 2.53 bits per heavy atom. The van der Waals surface area contributed by atoms with Gasteiger partial charge in [-0.15, -0.1) is 0 Å². The molecule has 0 saturated heterocycles. The van der Waals surface area contributed by atoms with Crippen molar-refractivity contribution < 1.29 is 9.59 Å². The van der Waals surface area contributed by atoms with Gasteiger partial charge in [0.15, 0.2) is 0 Å². The minimum atomic E-state index is -0.361. The number of aromatic nitrogens is 4. The lowest BCUT2D eigenvalue weighted by Crippen LogP contribution is -2.25. The van der Waals surface area contributed by atoms with Crippen LogP contribution in [0, 0.1) is 0 Å². The minimum Gasteiger partial charge on any atom is -0.369 e. The fraction of sp³-hybridized carbons (Fsp3) is 0.136. The number of pyridine rings is 1.